The number of nitrogens with zero attached hydrogens (tertiary/aromatic N) is 3. The number of nitro benzene ring substituents is 1. The molecule has 4 aromatic carbocycles. The van der Waals surface area contributed by atoms with Crippen LogP contribution < -0.4 is 9.80 Å². The first-order chi connectivity index (χ1) is 23.3. The van der Waals surface area contributed by atoms with Gasteiger partial charge in [0.2, 0.25) is 0 Å². The number of halogens is 2. The number of aromatic hydroxyl groups is 2. The zero-order chi connectivity index (χ0) is 35.8. The van der Waals surface area contributed by atoms with Crippen LogP contribution in [0.2, 0.25) is 0 Å². The van der Waals surface area contributed by atoms with Gasteiger partial charge in [0.05, 0.1) is 0 Å². The molecule has 49 heavy (non-hydrogen) atoms. The second-order valence-electron chi connectivity index (χ2n) is 13.4. The number of nitro groups is 1. The van der Waals surface area contributed by atoms with E-state index in [0.29, 0.717) is 29.4 Å². The Labute approximate surface area is 305 Å². The van der Waals surface area contributed by atoms with Crippen LogP contribution in [0.1, 0.15) is 107 Å². The van der Waals surface area contributed by atoms with Crippen LogP contribution in [0.5, 0.6) is 11.5 Å². The third-order valence-electron chi connectivity index (χ3n) is 8.55. The molecule has 1 heterocycles. The number of benzene rings is 4. The van der Waals surface area contributed by atoms with E-state index in [0.717, 1.165) is 24.4 Å². The molecule has 0 spiro atoms. The summed E-state index contributed by atoms with van der Waals surface area (Å²) in [7, 11) is 11.8. The van der Waals surface area contributed by atoms with Crippen molar-refractivity contribution in [3.05, 3.63) is 130 Å². The minimum absolute atomic E-state index is 0.0398. The van der Waals surface area contributed by atoms with Gasteiger partial charge >= 0.3 is 129 Å². The molecular weight excluding hydrogens is 742 g/mol. The quantitative estimate of drug-likeness (QED) is 0.0528. The molecule has 5 rings (SSSR count). The molecule has 1 aliphatic rings. The maximum atomic E-state index is 10.6. The molecule has 264 valence electrons. The second kappa shape index (κ2) is 17.6. The number of ether oxygens (including phenoxy) is 1. The Morgan fingerprint density at radius 2 is 1.12 bits per heavy atom. The molecule has 0 bridgehead atoms. The summed E-state index contributed by atoms with van der Waals surface area (Å²) in [6.45, 7) is 22.9. The summed E-state index contributed by atoms with van der Waals surface area (Å²) in [4.78, 5) is 15.2. The Morgan fingerprint density at radius 3 is 1.51 bits per heavy atom. The summed E-state index contributed by atoms with van der Waals surface area (Å²) in [5.74, 6) is 3.43. The van der Waals surface area contributed by atoms with Crippen LogP contribution in [0.25, 0.3) is 0 Å². The molecule has 6 nitrogen and oxygen atoms in total. The molecule has 0 radical (unpaired) electrons. The predicted octanol–water partition coefficient (Wildman–Crippen LogP) is 12.0. The Balaban J connectivity index is 0.000000237. The second-order valence-corrected chi connectivity index (χ2v) is 19.2. The standard InChI is InChI=1S/C27H39N2.C13H9NO3.2ClH.Ru/c1-18(2)22-11-9-12-23(19(3)4)26(22)28-15-16-29(17-28)27-24(20(5)6)13-10-14-25(27)21(7)8;1-10-4-2-3-5-13(10)17-12-8-6-11(7-9-12)14(15)16;;;/h9-14,17-21H,15-16H2,1-8H3;1-9H;2*1H;/q-1;;;;+2/p-1. The van der Waals surface area contributed by atoms with E-state index in [1.165, 1.54) is 45.8 Å². The van der Waals surface area contributed by atoms with Crippen LogP contribution in [0.3, 0.4) is 0 Å². The van der Waals surface area contributed by atoms with Crippen molar-refractivity contribution in [1.82, 2.24) is 0 Å². The van der Waals surface area contributed by atoms with Crippen LogP contribution in [0.15, 0.2) is 84.9 Å². The summed E-state index contributed by atoms with van der Waals surface area (Å²) in [6, 6.07) is 27.2. The van der Waals surface area contributed by atoms with Crippen LogP contribution in [-0.2, 0) is 13.5 Å². The van der Waals surface area contributed by atoms with Gasteiger partial charge in [-0.25, -0.2) is 0 Å². The van der Waals surface area contributed by atoms with E-state index in [-0.39, 0.29) is 5.69 Å². The van der Waals surface area contributed by atoms with Gasteiger partial charge in [-0.3, -0.25) is 0 Å². The Kier molecular flexibility index (Phi) is 13.9. The fourth-order valence-electron chi connectivity index (χ4n) is 6.07. The average molecular weight is 792 g/mol. The monoisotopic (exact) mass is 791 g/mol. The zero-order valence-electron chi connectivity index (χ0n) is 29.7. The zero-order valence-corrected chi connectivity index (χ0v) is 32.9. The minimum atomic E-state index is -1.92. The first kappa shape index (κ1) is 38.6. The predicted molar refractivity (Wildman–Crippen MR) is 206 cm³/mol. The van der Waals surface area contributed by atoms with Crippen molar-refractivity contribution in [2.45, 2.75) is 79.1 Å². The molecule has 0 aromatic heterocycles. The molecule has 1 fully saturated rings. The molecule has 1 N–H and O–H groups in total. The average Bonchev–Trinajstić information content (AvgIpc) is 3.55. The number of para-hydroxylation sites is 3. The van der Waals surface area contributed by atoms with Gasteiger partial charge in [0.15, 0.2) is 0 Å². The van der Waals surface area contributed by atoms with Crippen molar-refractivity contribution >= 4 is 41.1 Å². The number of non-ortho nitro benzene ring substituents is 1. The molecule has 1 aliphatic heterocycles. The first-order valence-electron chi connectivity index (χ1n) is 16.8. The van der Waals surface area contributed by atoms with E-state index in [4.69, 9.17) is 19.4 Å². The topological polar surface area (TPSA) is 62.4 Å². The van der Waals surface area contributed by atoms with Crippen LogP contribution >= 0.6 is 19.4 Å². The number of anilines is 2. The van der Waals surface area contributed by atoms with Crippen molar-refractivity contribution in [2.24, 2.45) is 0 Å². The van der Waals surface area contributed by atoms with Gasteiger partial charge in [-0.1, -0.05) is 91.8 Å². The van der Waals surface area contributed by atoms with Crippen LogP contribution in [0, 0.1) is 16.8 Å². The van der Waals surface area contributed by atoms with Crippen molar-refractivity contribution in [3.63, 3.8) is 0 Å². The van der Waals surface area contributed by atoms with Gasteiger partial charge in [-0.2, -0.15) is 6.67 Å². The van der Waals surface area contributed by atoms with E-state index in [1.807, 2.05) is 28.9 Å². The van der Waals surface area contributed by atoms with Gasteiger partial charge in [0.1, 0.15) is 0 Å². The van der Waals surface area contributed by atoms with Gasteiger partial charge in [0, 0.05) is 24.5 Å². The molecule has 0 unspecified atom stereocenters. The van der Waals surface area contributed by atoms with E-state index < -0.39 is 18.4 Å². The van der Waals surface area contributed by atoms with E-state index in [9.17, 15) is 10.1 Å². The molecule has 4 aromatic rings. The fourth-order valence-corrected chi connectivity index (χ4v) is 7.89. The molecule has 0 atom stereocenters. The van der Waals surface area contributed by atoms with Gasteiger partial charge in [-0.15, -0.1) is 0 Å². The molecule has 0 aliphatic carbocycles. The third-order valence-corrected chi connectivity index (χ3v) is 10.4. The summed E-state index contributed by atoms with van der Waals surface area (Å²) in [5, 5.41) is 10.6. The van der Waals surface area contributed by atoms with Gasteiger partial charge < -0.3 is 9.80 Å². The number of hydrogen-bond acceptors (Lipinski definition) is 4. The molecule has 0 saturated carbocycles. The van der Waals surface area contributed by atoms with Crippen molar-refractivity contribution in [1.29, 1.82) is 0 Å². The van der Waals surface area contributed by atoms with E-state index >= 15 is 0 Å². The van der Waals surface area contributed by atoms with Gasteiger partial charge in [-0.05, 0) is 45.9 Å². The van der Waals surface area contributed by atoms with Gasteiger partial charge in [0.25, 0.3) is 0 Å². The summed E-state index contributed by atoms with van der Waals surface area (Å²) in [5.41, 5.74) is 9.58. The Hall–Kier alpha value is -3.25. The van der Waals surface area contributed by atoms with E-state index in [2.05, 4.69) is 113 Å². The maximum absolute atomic E-state index is 10.6. The van der Waals surface area contributed by atoms with Crippen molar-refractivity contribution in [2.75, 3.05) is 22.9 Å². The van der Waals surface area contributed by atoms with Crippen molar-refractivity contribution in [3.8, 4) is 11.5 Å². The van der Waals surface area contributed by atoms with Crippen LogP contribution in [0.4, 0.5) is 17.1 Å². The number of hydrogen-bond donors (Lipinski definition) is 0. The first-order valence-corrected chi connectivity index (χ1v) is 22.3. The fraction of sp³-hybridized carbons (Fsp3) is 0.350. The molecule has 1 saturated heterocycles. The third kappa shape index (κ3) is 9.93. The SMILES string of the molecule is CC(C)c1cccc(C(C)C)c1N1[CH-]N(c2c(C(C)C)cccc2C(C)C)CC1.O=[N+]([O-])c1ccc([OH+]c2ccccc2[CH]=[Ru]([Cl])[Cl])cc1. The molecule has 0 amide bonds. The summed E-state index contributed by atoms with van der Waals surface area (Å²) < 4.78 is 6.26. The summed E-state index contributed by atoms with van der Waals surface area (Å²) in [6.07, 6.45) is 0. The Bertz CT molecular complexity index is 1630. The summed E-state index contributed by atoms with van der Waals surface area (Å²) >= 11 is -1.92. The Morgan fingerprint density at radius 1 is 0.694 bits per heavy atom. The van der Waals surface area contributed by atoms with Crippen LogP contribution in [-0.4, -0.2) is 27.4 Å². The molecular formula is C40H49Cl2N3O3Ru. The normalized spacial score (nSPS) is 13.2. The molecule has 9 heteroatoms. The number of rotatable bonds is 10. The van der Waals surface area contributed by atoms with E-state index in [1.54, 1.807) is 12.1 Å². The van der Waals surface area contributed by atoms with Crippen molar-refractivity contribution < 1.29 is 23.2 Å².